The maximum absolute atomic E-state index is 12.2. The number of unbranched alkanes of at least 4 members (excludes halogenated alkanes) is 3. The molecule has 6 nitrogen and oxygen atoms in total. The van der Waals surface area contributed by atoms with Crippen LogP contribution in [0.25, 0.3) is 16.7 Å². The number of hydrogen-bond donors (Lipinski definition) is 2. The molecule has 0 aliphatic heterocycles. The molecule has 4 aromatic rings. The zero-order valence-corrected chi connectivity index (χ0v) is 22.2. The molecular weight excluding hydrogens is 468 g/mol. The Morgan fingerprint density at radius 3 is 2.33 bits per heavy atom. The second-order valence-corrected chi connectivity index (χ2v) is 11.2. The normalized spacial score (nSPS) is 11.7. The second kappa shape index (κ2) is 11.2. The lowest BCUT2D eigenvalue weighted by Crippen LogP contribution is -2.11. The number of aromatic nitrogens is 3. The van der Waals surface area contributed by atoms with Crippen molar-refractivity contribution in [3.05, 3.63) is 66.2 Å². The first-order chi connectivity index (χ1) is 17.2. The van der Waals surface area contributed by atoms with E-state index in [1.54, 1.807) is 23.9 Å². The summed E-state index contributed by atoms with van der Waals surface area (Å²) in [6.45, 7) is 8.78. The van der Waals surface area contributed by atoms with Gasteiger partial charge in [-0.05, 0) is 59.9 Å². The molecule has 0 aliphatic rings. The average Bonchev–Trinajstić information content (AvgIpc) is 3.25. The zero-order chi connectivity index (χ0) is 25.7. The Balaban J connectivity index is 1.45. The molecule has 0 atom stereocenters. The number of fused-ring (bicyclic) bond motifs is 1. The van der Waals surface area contributed by atoms with Crippen molar-refractivity contribution < 1.29 is 9.90 Å². The SMILES string of the molecule is CCCCCCC(=O)Nc1ccc(-n2nc3ccc(Sc4ccc(C(C)(C)C)cc4)cc3n2)c(O)c1. The van der Waals surface area contributed by atoms with Gasteiger partial charge in [-0.2, -0.15) is 0 Å². The summed E-state index contributed by atoms with van der Waals surface area (Å²) in [4.78, 5) is 15.8. The highest BCUT2D eigenvalue weighted by molar-refractivity contribution is 7.99. The third-order valence-electron chi connectivity index (χ3n) is 6.04. The van der Waals surface area contributed by atoms with E-state index >= 15 is 0 Å². The summed E-state index contributed by atoms with van der Waals surface area (Å²) in [5.41, 5.74) is 3.94. The van der Waals surface area contributed by atoms with Gasteiger partial charge in [0, 0.05) is 28.0 Å². The van der Waals surface area contributed by atoms with Crippen molar-refractivity contribution in [2.75, 3.05) is 5.32 Å². The highest BCUT2D eigenvalue weighted by Crippen LogP contribution is 2.32. The standard InChI is InChI=1S/C29H34N4O2S/c1-5-6-7-8-9-28(35)30-21-12-17-26(27(34)18-21)33-31-24-16-15-23(19-25(24)32-33)36-22-13-10-20(11-14-22)29(2,3)4/h10-19,34H,5-9H2,1-4H3,(H,30,35). The molecule has 0 spiro atoms. The molecule has 0 bridgehead atoms. The average molecular weight is 503 g/mol. The third-order valence-corrected chi connectivity index (χ3v) is 7.04. The summed E-state index contributed by atoms with van der Waals surface area (Å²) in [6, 6.07) is 19.6. The molecule has 1 heterocycles. The number of rotatable bonds is 9. The van der Waals surface area contributed by atoms with E-state index in [9.17, 15) is 9.90 Å². The number of aromatic hydroxyl groups is 1. The second-order valence-electron chi connectivity index (χ2n) is 10.1. The summed E-state index contributed by atoms with van der Waals surface area (Å²) in [7, 11) is 0. The Hall–Kier alpha value is -3.32. The Bertz CT molecular complexity index is 1340. The van der Waals surface area contributed by atoms with Gasteiger partial charge >= 0.3 is 0 Å². The highest BCUT2D eigenvalue weighted by atomic mass is 32.2. The minimum atomic E-state index is -0.0423. The molecule has 0 fully saturated rings. The van der Waals surface area contributed by atoms with Crippen LogP contribution >= 0.6 is 11.8 Å². The number of anilines is 1. The Kier molecular flexibility index (Phi) is 7.99. The van der Waals surface area contributed by atoms with Crippen LogP contribution in [0.1, 0.15) is 65.4 Å². The van der Waals surface area contributed by atoms with Gasteiger partial charge in [-0.1, -0.05) is 70.9 Å². The zero-order valence-electron chi connectivity index (χ0n) is 21.4. The van der Waals surface area contributed by atoms with Gasteiger partial charge in [0.1, 0.15) is 22.5 Å². The summed E-state index contributed by atoms with van der Waals surface area (Å²) >= 11 is 1.68. The van der Waals surface area contributed by atoms with Gasteiger partial charge in [-0.25, -0.2) is 0 Å². The summed E-state index contributed by atoms with van der Waals surface area (Å²) in [5, 5.41) is 22.6. The van der Waals surface area contributed by atoms with E-state index in [-0.39, 0.29) is 17.1 Å². The van der Waals surface area contributed by atoms with Crippen LogP contribution in [0, 0.1) is 0 Å². The first-order valence-corrected chi connectivity index (χ1v) is 13.3. The molecule has 1 amide bonds. The topological polar surface area (TPSA) is 80.0 Å². The molecule has 0 saturated heterocycles. The number of phenols is 1. The number of benzene rings is 3. The van der Waals surface area contributed by atoms with Crippen LogP contribution in [0.5, 0.6) is 5.75 Å². The Labute approximate surface area is 217 Å². The number of nitrogens with zero attached hydrogens (tertiary/aromatic N) is 3. The lowest BCUT2D eigenvalue weighted by Gasteiger charge is -2.19. The van der Waals surface area contributed by atoms with E-state index in [1.165, 1.54) is 16.4 Å². The molecule has 188 valence electrons. The largest absolute Gasteiger partial charge is 0.506 e. The van der Waals surface area contributed by atoms with Crippen LogP contribution < -0.4 is 5.32 Å². The maximum Gasteiger partial charge on any atom is 0.224 e. The summed E-state index contributed by atoms with van der Waals surface area (Å²) in [6.07, 6.45) is 4.68. The van der Waals surface area contributed by atoms with Crippen LogP contribution in [-0.2, 0) is 10.2 Å². The Morgan fingerprint density at radius 2 is 1.64 bits per heavy atom. The molecule has 0 saturated carbocycles. The van der Waals surface area contributed by atoms with Crippen LogP contribution in [0.4, 0.5) is 5.69 Å². The molecular formula is C29H34N4O2S. The van der Waals surface area contributed by atoms with Gasteiger partial charge in [-0.15, -0.1) is 15.0 Å². The molecule has 3 aromatic carbocycles. The molecule has 4 rings (SSSR count). The van der Waals surface area contributed by atoms with Gasteiger partial charge in [-0.3, -0.25) is 4.79 Å². The lowest BCUT2D eigenvalue weighted by atomic mass is 9.87. The van der Waals surface area contributed by atoms with E-state index in [2.05, 4.69) is 67.5 Å². The van der Waals surface area contributed by atoms with E-state index in [0.717, 1.165) is 46.5 Å². The highest BCUT2D eigenvalue weighted by Gasteiger charge is 2.14. The fourth-order valence-electron chi connectivity index (χ4n) is 3.93. The first-order valence-electron chi connectivity index (χ1n) is 12.5. The van der Waals surface area contributed by atoms with Gasteiger partial charge in [0.2, 0.25) is 5.91 Å². The molecule has 0 aliphatic carbocycles. The summed E-state index contributed by atoms with van der Waals surface area (Å²) < 4.78 is 0. The predicted molar refractivity (Wildman–Crippen MR) is 147 cm³/mol. The number of nitrogens with one attached hydrogen (secondary N) is 1. The number of amides is 1. The van der Waals surface area contributed by atoms with Gasteiger partial charge < -0.3 is 10.4 Å². The van der Waals surface area contributed by atoms with Crippen LogP contribution in [0.15, 0.2) is 70.5 Å². The predicted octanol–water partition coefficient (Wildman–Crippen LogP) is 7.48. The quantitative estimate of drug-likeness (QED) is 0.232. The van der Waals surface area contributed by atoms with Crippen LogP contribution in [-0.4, -0.2) is 26.0 Å². The van der Waals surface area contributed by atoms with Crippen molar-refractivity contribution in [2.24, 2.45) is 0 Å². The van der Waals surface area contributed by atoms with E-state index in [1.807, 2.05) is 18.2 Å². The molecule has 1 aromatic heterocycles. The van der Waals surface area contributed by atoms with Gasteiger partial charge in [0.25, 0.3) is 0 Å². The summed E-state index contributed by atoms with van der Waals surface area (Å²) in [5.74, 6) is -0.0353. The van der Waals surface area contributed by atoms with E-state index in [0.29, 0.717) is 17.8 Å². The molecule has 36 heavy (non-hydrogen) atoms. The fraction of sp³-hybridized carbons (Fsp3) is 0.345. The van der Waals surface area contributed by atoms with Crippen LogP contribution in [0.3, 0.4) is 0 Å². The smallest absolute Gasteiger partial charge is 0.224 e. The van der Waals surface area contributed by atoms with Crippen molar-refractivity contribution in [2.45, 2.75) is 75.0 Å². The maximum atomic E-state index is 12.2. The lowest BCUT2D eigenvalue weighted by molar-refractivity contribution is -0.116. The number of carbonyl (C=O) groups excluding carboxylic acids is 1. The molecule has 0 unspecified atom stereocenters. The minimum absolute atomic E-state index is 0.00706. The fourth-order valence-corrected chi connectivity index (χ4v) is 4.78. The number of carbonyl (C=O) groups is 1. The molecule has 7 heteroatoms. The minimum Gasteiger partial charge on any atom is -0.506 e. The number of hydrogen-bond acceptors (Lipinski definition) is 5. The first kappa shape index (κ1) is 25.8. The van der Waals surface area contributed by atoms with Crippen molar-refractivity contribution in [1.82, 2.24) is 15.0 Å². The van der Waals surface area contributed by atoms with Crippen LogP contribution in [0.2, 0.25) is 0 Å². The van der Waals surface area contributed by atoms with Crippen molar-refractivity contribution >= 4 is 34.4 Å². The number of phenolic OH excluding ortho intramolecular Hbond substituents is 1. The van der Waals surface area contributed by atoms with Crippen molar-refractivity contribution in [3.63, 3.8) is 0 Å². The van der Waals surface area contributed by atoms with Crippen molar-refractivity contribution in [3.8, 4) is 11.4 Å². The van der Waals surface area contributed by atoms with Crippen molar-refractivity contribution in [1.29, 1.82) is 0 Å². The monoisotopic (exact) mass is 502 g/mol. The van der Waals surface area contributed by atoms with E-state index < -0.39 is 0 Å². The molecule has 0 radical (unpaired) electrons. The molecule has 2 N–H and O–H groups in total. The Morgan fingerprint density at radius 1 is 0.917 bits per heavy atom. The third kappa shape index (κ3) is 6.46. The van der Waals surface area contributed by atoms with E-state index in [4.69, 9.17) is 0 Å². The van der Waals surface area contributed by atoms with Gasteiger partial charge in [0.15, 0.2) is 0 Å². The van der Waals surface area contributed by atoms with Gasteiger partial charge in [0.05, 0.1) is 0 Å².